The molecule has 2 aliphatic rings. The van der Waals surface area contributed by atoms with Crippen LogP contribution in [0.25, 0.3) is 0 Å². The van der Waals surface area contributed by atoms with Crippen LogP contribution in [0.5, 0.6) is 17.2 Å². The van der Waals surface area contributed by atoms with Crippen molar-refractivity contribution in [2.45, 2.75) is 25.3 Å². The number of hydrogen-bond donors (Lipinski definition) is 1. The fourth-order valence-corrected chi connectivity index (χ4v) is 3.65. The van der Waals surface area contributed by atoms with Crippen LogP contribution in [0.4, 0.5) is 5.95 Å². The zero-order chi connectivity index (χ0) is 18.3. The molecule has 0 saturated carbocycles. The summed E-state index contributed by atoms with van der Waals surface area (Å²) >= 11 is 0. The molecule has 4 rings (SSSR count). The molecule has 0 bridgehead atoms. The molecule has 1 aliphatic heterocycles. The van der Waals surface area contributed by atoms with Crippen molar-refractivity contribution in [2.75, 3.05) is 26.6 Å². The number of nitrogens with zero attached hydrogens (tertiary/aromatic N) is 3. The standard InChI is InChI=1S/C18H20N4O4/c1-24-13-8-15(26-3)14(25-2)7-10(13)17-16-11(5-4-6-12(16)23)21-18-19-9-20-22(17)18/h7-9,17H,4-6H2,1-3H3,(H,19,20,21)/t17-/m1/s1. The fraction of sp³-hybridized carbons (Fsp3) is 0.389. The minimum Gasteiger partial charge on any atom is -0.496 e. The molecule has 0 saturated heterocycles. The van der Waals surface area contributed by atoms with Gasteiger partial charge in [0, 0.05) is 29.3 Å². The molecular weight excluding hydrogens is 336 g/mol. The van der Waals surface area contributed by atoms with Gasteiger partial charge in [-0.05, 0) is 18.9 Å². The van der Waals surface area contributed by atoms with Crippen molar-refractivity contribution < 1.29 is 19.0 Å². The van der Waals surface area contributed by atoms with Gasteiger partial charge in [-0.15, -0.1) is 0 Å². The van der Waals surface area contributed by atoms with E-state index in [1.807, 2.05) is 6.07 Å². The van der Waals surface area contributed by atoms with Gasteiger partial charge < -0.3 is 19.5 Å². The Kier molecular flexibility index (Phi) is 4.02. The number of anilines is 1. The van der Waals surface area contributed by atoms with Gasteiger partial charge in [-0.2, -0.15) is 10.1 Å². The lowest BCUT2D eigenvalue weighted by Crippen LogP contribution is -2.31. The SMILES string of the molecule is COc1cc(OC)c([C@@H]2C3=C(CCCC3=O)Nc3ncnn32)cc1OC. The van der Waals surface area contributed by atoms with Gasteiger partial charge in [0.15, 0.2) is 17.3 Å². The van der Waals surface area contributed by atoms with Gasteiger partial charge in [-0.3, -0.25) is 4.79 Å². The van der Waals surface area contributed by atoms with E-state index in [0.29, 0.717) is 35.2 Å². The normalized spacial score (nSPS) is 18.7. The smallest absolute Gasteiger partial charge is 0.226 e. The molecule has 0 radical (unpaired) electrons. The molecule has 1 aromatic heterocycles. The van der Waals surface area contributed by atoms with Crippen LogP contribution in [0.15, 0.2) is 29.7 Å². The van der Waals surface area contributed by atoms with E-state index in [2.05, 4.69) is 15.4 Å². The second-order valence-corrected chi connectivity index (χ2v) is 6.17. The molecule has 1 aromatic carbocycles. The van der Waals surface area contributed by atoms with Crippen LogP contribution in [0.3, 0.4) is 0 Å². The van der Waals surface area contributed by atoms with E-state index in [1.54, 1.807) is 32.1 Å². The van der Waals surface area contributed by atoms with Crippen molar-refractivity contribution in [3.8, 4) is 17.2 Å². The number of Topliss-reactive ketones (excluding diaryl/α,β-unsaturated/α-hetero) is 1. The van der Waals surface area contributed by atoms with Crippen LogP contribution in [0, 0.1) is 0 Å². The van der Waals surface area contributed by atoms with Gasteiger partial charge in [-0.1, -0.05) is 0 Å². The lowest BCUT2D eigenvalue weighted by atomic mass is 9.85. The Morgan fingerprint density at radius 1 is 1.08 bits per heavy atom. The Bertz CT molecular complexity index is 903. The minimum atomic E-state index is -0.425. The second-order valence-electron chi connectivity index (χ2n) is 6.17. The summed E-state index contributed by atoms with van der Waals surface area (Å²) in [6, 6.07) is 3.18. The molecule has 0 unspecified atom stereocenters. The maximum atomic E-state index is 12.8. The topological polar surface area (TPSA) is 87.5 Å². The molecule has 0 amide bonds. The Balaban J connectivity index is 1.96. The molecule has 1 N–H and O–H groups in total. The van der Waals surface area contributed by atoms with Crippen LogP contribution in [0.2, 0.25) is 0 Å². The average molecular weight is 356 g/mol. The molecule has 1 aliphatic carbocycles. The molecule has 8 nitrogen and oxygen atoms in total. The second kappa shape index (κ2) is 6.36. The Labute approximate surface area is 150 Å². The third-order valence-corrected chi connectivity index (χ3v) is 4.84. The quantitative estimate of drug-likeness (QED) is 0.899. The zero-order valence-electron chi connectivity index (χ0n) is 14.9. The van der Waals surface area contributed by atoms with Gasteiger partial charge in [0.05, 0.1) is 21.3 Å². The van der Waals surface area contributed by atoms with Gasteiger partial charge in [-0.25, -0.2) is 4.68 Å². The van der Waals surface area contributed by atoms with E-state index >= 15 is 0 Å². The van der Waals surface area contributed by atoms with Gasteiger partial charge in [0.1, 0.15) is 18.1 Å². The van der Waals surface area contributed by atoms with Crippen molar-refractivity contribution in [1.82, 2.24) is 14.8 Å². The summed E-state index contributed by atoms with van der Waals surface area (Å²) in [5.74, 6) is 2.45. The Hall–Kier alpha value is -3.03. The van der Waals surface area contributed by atoms with Crippen molar-refractivity contribution in [2.24, 2.45) is 0 Å². The average Bonchev–Trinajstić information content (AvgIpc) is 3.13. The predicted octanol–water partition coefficient (Wildman–Crippen LogP) is 2.33. The van der Waals surface area contributed by atoms with E-state index in [9.17, 15) is 4.79 Å². The van der Waals surface area contributed by atoms with Crippen LogP contribution in [-0.2, 0) is 4.79 Å². The molecule has 0 spiro atoms. The third kappa shape index (κ3) is 2.40. The number of hydrogen-bond acceptors (Lipinski definition) is 7. The maximum absolute atomic E-state index is 12.8. The van der Waals surface area contributed by atoms with E-state index in [-0.39, 0.29) is 5.78 Å². The van der Waals surface area contributed by atoms with Crippen LogP contribution < -0.4 is 19.5 Å². The summed E-state index contributed by atoms with van der Waals surface area (Å²) < 4.78 is 18.1. The number of allylic oxidation sites excluding steroid dienone is 2. The molecule has 8 heteroatoms. The summed E-state index contributed by atoms with van der Waals surface area (Å²) in [6.07, 6.45) is 3.64. The highest BCUT2D eigenvalue weighted by molar-refractivity contribution is 5.99. The molecule has 1 atom stereocenters. The van der Waals surface area contributed by atoms with Gasteiger partial charge in [0.2, 0.25) is 5.95 Å². The van der Waals surface area contributed by atoms with Crippen LogP contribution in [0.1, 0.15) is 30.9 Å². The summed E-state index contributed by atoms with van der Waals surface area (Å²) in [6.45, 7) is 0. The summed E-state index contributed by atoms with van der Waals surface area (Å²) in [4.78, 5) is 17.0. The molecule has 136 valence electrons. The number of fused-ring (bicyclic) bond motifs is 1. The van der Waals surface area contributed by atoms with Crippen molar-refractivity contribution in [3.63, 3.8) is 0 Å². The molecule has 2 heterocycles. The molecule has 0 fully saturated rings. The summed E-state index contributed by atoms with van der Waals surface area (Å²) in [5, 5.41) is 7.59. The van der Waals surface area contributed by atoms with Crippen molar-refractivity contribution >= 4 is 11.7 Å². The minimum absolute atomic E-state index is 0.113. The highest BCUT2D eigenvalue weighted by Gasteiger charge is 2.38. The first-order valence-corrected chi connectivity index (χ1v) is 8.40. The number of ether oxygens (including phenoxy) is 3. The van der Waals surface area contributed by atoms with E-state index in [4.69, 9.17) is 14.2 Å². The largest absolute Gasteiger partial charge is 0.496 e. The number of carbonyl (C=O) groups is 1. The highest BCUT2D eigenvalue weighted by atomic mass is 16.5. The first-order valence-electron chi connectivity index (χ1n) is 8.40. The molecular formula is C18H20N4O4. The van der Waals surface area contributed by atoms with Crippen LogP contribution >= 0.6 is 0 Å². The van der Waals surface area contributed by atoms with E-state index < -0.39 is 6.04 Å². The summed E-state index contributed by atoms with van der Waals surface area (Å²) in [7, 11) is 4.74. The number of methoxy groups -OCH3 is 3. The van der Waals surface area contributed by atoms with Crippen molar-refractivity contribution in [1.29, 1.82) is 0 Å². The van der Waals surface area contributed by atoms with E-state index in [0.717, 1.165) is 24.1 Å². The number of aromatic nitrogens is 3. The lowest BCUT2D eigenvalue weighted by molar-refractivity contribution is -0.116. The Morgan fingerprint density at radius 2 is 1.81 bits per heavy atom. The van der Waals surface area contributed by atoms with Gasteiger partial charge >= 0.3 is 0 Å². The maximum Gasteiger partial charge on any atom is 0.226 e. The fourth-order valence-electron chi connectivity index (χ4n) is 3.65. The highest BCUT2D eigenvalue weighted by Crippen LogP contribution is 2.45. The number of nitrogens with one attached hydrogen (secondary N) is 1. The van der Waals surface area contributed by atoms with Gasteiger partial charge in [0.25, 0.3) is 0 Å². The van der Waals surface area contributed by atoms with Crippen LogP contribution in [-0.4, -0.2) is 41.9 Å². The number of ketones is 1. The first-order chi connectivity index (χ1) is 12.7. The first kappa shape index (κ1) is 16.4. The predicted molar refractivity (Wildman–Crippen MR) is 93.8 cm³/mol. The van der Waals surface area contributed by atoms with E-state index in [1.165, 1.54) is 6.33 Å². The summed E-state index contributed by atoms with van der Waals surface area (Å²) in [5.41, 5.74) is 2.39. The lowest BCUT2D eigenvalue weighted by Gasteiger charge is -2.33. The monoisotopic (exact) mass is 356 g/mol. The molecule has 26 heavy (non-hydrogen) atoms. The zero-order valence-corrected chi connectivity index (χ0v) is 14.9. The van der Waals surface area contributed by atoms with Crippen molar-refractivity contribution in [3.05, 3.63) is 35.3 Å². The molecule has 2 aromatic rings. The number of benzene rings is 1. The number of carbonyl (C=O) groups excluding carboxylic acids is 1. The third-order valence-electron chi connectivity index (χ3n) is 4.84. The Morgan fingerprint density at radius 3 is 2.54 bits per heavy atom. The number of rotatable bonds is 4.